The molecule has 5 nitrogen and oxygen atoms in total. The number of carbonyl (C=O) groups excluding carboxylic acids is 1. The Morgan fingerprint density at radius 2 is 2.05 bits per heavy atom. The fourth-order valence-corrected chi connectivity index (χ4v) is 1.72. The number of aryl methyl sites for hydroxylation is 1. The number of nitrogens with one attached hydrogen (secondary N) is 2. The fraction of sp³-hybridized carbons (Fsp3) is 0.267. The molecular weight excluding hydrogens is 252 g/mol. The van der Waals surface area contributed by atoms with Crippen molar-refractivity contribution in [2.75, 3.05) is 0 Å². The average Bonchev–Trinajstić information content (AvgIpc) is 2.86. The van der Waals surface area contributed by atoms with Crippen LogP contribution in [0.15, 0.2) is 35.4 Å². The Labute approximate surface area is 118 Å². The van der Waals surface area contributed by atoms with Crippen LogP contribution in [-0.4, -0.2) is 22.3 Å². The lowest BCUT2D eigenvalue weighted by molar-refractivity contribution is 0.0950. The van der Waals surface area contributed by atoms with Crippen LogP contribution in [0.2, 0.25) is 0 Å². The summed E-state index contributed by atoms with van der Waals surface area (Å²) < 4.78 is 0. The molecule has 0 unspecified atom stereocenters. The molecule has 2 N–H and O–H groups in total. The smallest absolute Gasteiger partial charge is 0.282 e. The molecule has 0 aliphatic rings. The van der Waals surface area contributed by atoms with Crippen LogP contribution >= 0.6 is 0 Å². The highest BCUT2D eigenvalue weighted by Crippen LogP contribution is 2.13. The van der Waals surface area contributed by atoms with Gasteiger partial charge in [-0.15, -0.1) is 0 Å². The third kappa shape index (κ3) is 3.54. The number of carbonyl (C=O) groups is 1. The van der Waals surface area contributed by atoms with E-state index in [1.54, 1.807) is 12.3 Å². The second-order valence-corrected chi connectivity index (χ2v) is 4.96. The molecular formula is C15H18N4O. The lowest BCUT2D eigenvalue weighted by Crippen LogP contribution is -2.18. The van der Waals surface area contributed by atoms with Crippen LogP contribution in [0.1, 0.15) is 47.1 Å². The zero-order valence-corrected chi connectivity index (χ0v) is 11.8. The van der Waals surface area contributed by atoms with Crippen LogP contribution in [0.5, 0.6) is 0 Å². The predicted molar refractivity (Wildman–Crippen MR) is 78.9 cm³/mol. The molecule has 0 saturated carbocycles. The molecule has 0 spiro atoms. The Kier molecular flexibility index (Phi) is 4.30. The van der Waals surface area contributed by atoms with Crippen LogP contribution in [0.25, 0.3) is 0 Å². The molecule has 0 bridgehead atoms. The molecule has 2 rings (SSSR count). The van der Waals surface area contributed by atoms with Crippen molar-refractivity contribution in [2.24, 2.45) is 5.10 Å². The summed E-state index contributed by atoms with van der Waals surface area (Å²) in [5, 5.41) is 10.5. The molecule has 0 aliphatic carbocycles. The molecule has 1 amide bonds. The number of hydrazone groups is 1. The van der Waals surface area contributed by atoms with E-state index in [1.807, 2.05) is 19.1 Å². The molecule has 1 heterocycles. The first-order valence-corrected chi connectivity index (χ1v) is 6.51. The Morgan fingerprint density at radius 1 is 1.35 bits per heavy atom. The maximum absolute atomic E-state index is 11.7. The van der Waals surface area contributed by atoms with E-state index in [2.05, 4.69) is 46.7 Å². The lowest BCUT2D eigenvalue weighted by atomic mass is 10.0. The standard InChI is InChI=1S/C15H18N4O/c1-10(2)13-6-4-12(5-7-13)9-16-19-15(20)14-8-11(3)17-18-14/h4-10H,1-3H3,(H,17,18)(H,19,20). The van der Waals surface area contributed by atoms with E-state index in [9.17, 15) is 4.79 Å². The number of aromatic nitrogens is 2. The molecule has 0 radical (unpaired) electrons. The Balaban J connectivity index is 1.94. The SMILES string of the molecule is Cc1cc(C(=O)NN=Cc2ccc(C(C)C)cc2)n[nH]1. The highest BCUT2D eigenvalue weighted by molar-refractivity contribution is 5.93. The number of H-pyrrole nitrogens is 1. The molecule has 5 heteroatoms. The average molecular weight is 270 g/mol. The summed E-state index contributed by atoms with van der Waals surface area (Å²) in [7, 11) is 0. The second kappa shape index (κ2) is 6.14. The summed E-state index contributed by atoms with van der Waals surface area (Å²) in [4.78, 5) is 11.7. The van der Waals surface area contributed by atoms with Gasteiger partial charge in [0.2, 0.25) is 0 Å². The van der Waals surface area contributed by atoms with Crippen LogP contribution < -0.4 is 5.43 Å². The van der Waals surface area contributed by atoms with Gasteiger partial charge in [-0.2, -0.15) is 10.2 Å². The molecule has 1 aromatic carbocycles. The number of rotatable bonds is 4. The van der Waals surface area contributed by atoms with Gasteiger partial charge in [0.25, 0.3) is 5.91 Å². The van der Waals surface area contributed by atoms with Gasteiger partial charge in [0, 0.05) is 5.69 Å². The van der Waals surface area contributed by atoms with Crippen LogP contribution in [-0.2, 0) is 0 Å². The minimum absolute atomic E-state index is 0.329. The quantitative estimate of drug-likeness (QED) is 0.662. The first kappa shape index (κ1) is 14.0. The van der Waals surface area contributed by atoms with E-state index in [0.717, 1.165) is 11.3 Å². The van der Waals surface area contributed by atoms with Gasteiger partial charge < -0.3 is 0 Å². The topological polar surface area (TPSA) is 70.1 Å². The largest absolute Gasteiger partial charge is 0.291 e. The molecule has 104 valence electrons. The molecule has 0 aliphatic heterocycles. The number of hydrogen-bond acceptors (Lipinski definition) is 3. The lowest BCUT2D eigenvalue weighted by Gasteiger charge is -2.04. The predicted octanol–water partition coefficient (Wildman–Crippen LogP) is 2.61. The molecule has 0 fully saturated rings. The molecule has 0 atom stereocenters. The third-order valence-corrected chi connectivity index (χ3v) is 2.92. The first-order chi connectivity index (χ1) is 9.56. The highest BCUT2D eigenvalue weighted by Gasteiger charge is 2.07. The molecule has 1 aromatic heterocycles. The van der Waals surface area contributed by atoms with E-state index in [-0.39, 0.29) is 5.91 Å². The van der Waals surface area contributed by atoms with Crippen molar-refractivity contribution in [3.8, 4) is 0 Å². The summed E-state index contributed by atoms with van der Waals surface area (Å²) >= 11 is 0. The van der Waals surface area contributed by atoms with E-state index in [4.69, 9.17) is 0 Å². The first-order valence-electron chi connectivity index (χ1n) is 6.51. The van der Waals surface area contributed by atoms with E-state index in [1.165, 1.54) is 5.56 Å². The maximum atomic E-state index is 11.7. The van der Waals surface area contributed by atoms with Gasteiger partial charge in [-0.1, -0.05) is 38.1 Å². The zero-order valence-electron chi connectivity index (χ0n) is 11.8. The summed E-state index contributed by atoms with van der Waals surface area (Å²) in [5.74, 6) is 0.174. The third-order valence-electron chi connectivity index (χ3n) is 2.92. The van der Waals surface area contributed by atoms with Gasteiger partial charge in [0.15, 0.2) is 5.69 Å². The minimum atomic E-state index is -0.329. The Hall–Kier alpha value is -2.43. The van der Waals surface area contributed by atoms with Crippen molar-refractivity contribution < 1.29 is 4.79 Å². The van der Waals surface area contributed by atoms with E-state index in [0.29, 0.717) is 11.6 Å². The summed E-state index contributed by atoms with van der Waals surface area (Å²) in [6, 6.07) is 9.74. The van der Waals surface area contributed by atoms with E-state index >= 15 is 0 Å². The van der Waals surface area contributed by atoms with Crippen LogP contribution in [0, 0.1) is 6.92 Å². The Bertz CT molecular complexity index is 611. The number of nitrogens with zero attached hydrogens (tertiary/aromatic N) is 2. The maximum Gasteiger partial charge on any atom is 0.291 e. The van der Waals surface area contributed by atoms with Crippen LogP contribution in [0.3, 0.4) is 0 Å². The molecule has 0 saturated heterocycles. The normalized spacial score (nSPS) is 11.2. The van der Waals surface area contributed by atoms with Crippen LogP contribution in [0.4, 0.5) is 0 Å². The van der Waals surface area contributed by atoms with E-state index < -0.39 is 0 Å². The van der Waals surface area contributed by atoms with Gasteiger partial charge in [0.1, 0.15) is 0 Å². The number of hydrogen-bond donors (Lipinski definition) is 2. The van der Waals surface area contributed by atoms with Crippen molar-refractivity contribution in [3.05, 3.63) is 52.8 Å². The van der Waals surface area contributed by atoms with Gasteiger partial charge in [0.05, 0.1) is 6.21 Å². The summed E-state index contributed by atoms with van der Waals surface area (Å²) in [6.45, 7) is 6.13. The summed E-state index contributed by atoms with van der Waals surface area (Å²) in [5.41, 5.74) is 5.83. The van der Waals surface area contributed by atoms with Crippen molar-refractivity contribution >= 4 is 12.1 Å². The Morgan fingerprint density at radius 3 is 2.60 bits per heavy atom. The van der Waals surface area contributed by atoms with Crippen molar-refractivity contribution in [3.63, 3.8) is 0 Å². The van der Waals surface area contributed by atoms with Gasteiger partial charge in [-0.05, 0) is 30.0 Å². The highest BCUT2D eigenvalue weighted by atomic mass is 16.2. The van der Waals surface area contributed by atoms with Crippen molar-refractivity contribution in [1.82, 2.24) is 15.6 Å². The number of aromatic amines is 1. The number of amides is 1. The molecule has 2 aromatic rings. The number of benzene rings is 1. The van der Waals surface area contributed by atoms with Crippen molar-refractivity contribution in [1.29, 1.82) is 0 Å². The second-order valence-electron chi connectivity index (χ2n) is 4.96. The van der Waals surface area contributed by atoms with Crippen molar-refractivity contribution in [2.45, 2.75) is 26.7 Å². The van der Waals surface area contributed by atoms with Gasteiger partial charge in [-0.25, -0.2) is 5.43 Å². The minimum Gasteiger partial charge on any atom is -0.282 e. The van der Waals surface area contributed by atoms with Gasteiger partial charge in [-0.3, -0.25) is 9.89 Å². The van der Waals surface area contributed by atoms with Gasteiger partial charge >= 0.3 is 0 Å². The fourth-order valence-electron chi connectivity index (χ4n) is 1.72. The zero-order chi connectivity index (χ0) is 14.5. The summed E-state index contributed by atoms with van der Waals surface area (Å²) in [6.07, 6.45) is 1.61. The monoisotopic (exact) mass is 270 g/mol. The molecule has 20 heavy (non-hydrogen) atoms.